The van der Waals surface area contributed by atoms with E-state index in [0.717, 1.165) is 12.0 Å². The average molecular weight is 238 g/mol. The van der Waals surface area contributed by atoms with Crippen LogP contribution in [0.15, 0.2) is 23.8 Å². The lowest BCUT2D eigenvalue weighted by Gasteiger charge is -2.48. The predicted octanol–water partition coefficient (Wildman–Crippen LogP) is 1.80. The second-order valence-corrected chi connectivity index (χ2v) is 5.46. The first-order valence-corrected chi connectivity index (χ1v) is 6.31. The van der Waals surface area contributed by atoms with E-state index >= 15 is 0 Å². The van der Waals surface area contributed by atoms with Gasteiger partial charge in [-0.05, 0) is 32.8 Å². The van der Waals surface area contributed by atoms with Gasteiger partial charge in [0, 0.05) is 12.3 Å². The van der Waals surface area contributed by atoms with E-state index in [-0.39, 0.29) is 18.1 Å². The highest BCUT2D eigenvalue weighted by Gasteiger charge is 2.48. The number of fused-ring (bicyclic) bond motifs is 1. The minimum Gasteiger partial charge on any atom is -0.390 e. The molecule has 0 bridgehead atoms. The summed E-state index contributed by atoms with van der Waals surface area (Å²) in [6, 6.07) is 0. The van der Waals surface area contributed by atoms with Crippen LogP contribution in [0.2, 0.25) is 0 Å². The molecule has 0 aromatic carbocycles. The number of hydrogen-bond acceptors (Lipinski definition) is 3. The minimum atomic E-state index is -0.773. The standard InChI is InChI=1S/C14H22O3/c1-4-5-10-8-14(3,16)11-7-6-9(2)12(15)13(11)17-10/h4-6,10-13,15-16H,7-8H2,1-3H3/b5-4+/t10-,11-,12-,13-,14-/m1/s1. The number of rotatable bonds is 1. The van der Waals surface area contributed by atoms with Crippen molar-refractivity contribution in [1.29, 1.82) is 0 Å². The second kappa shape index (κ2) is 4.56. The van der Waals surface area contributed by atoms with Crippen molar-refractivity contribution in [2.24, 2.45) is 5.92 Å². The Morgan fingerprint density at radius 1 is 1.53 bits per heavy atom. The molecule has 0 saturated carbocycles. The highest BCUT2D eigenvalue weighted by atomic mass is 16.5. The molecule has 3 nitrogen and oxygen atoms in total. The van der Waals surface area contributed by atoms with Crippen LogP contribution in [0.25, 0.3) is 0 Å². The zero-order chi connectivity index (χ0) is 12.6. The Balaban J connectivity index is 2.25. The summed E-state index contributed by atoms with van der Waals surface area (Å²) in [6.45, 7) is 5.70. The van der Waals surface area contributed by atoms with Crippen LogP contribution in [0.3, 0.4) is 0 Å². The summed E-state index contributed by atoms with van der Waals surface area (Å²) in [5, 5.41) is 20.7. The van der Waals surface area contributed by atoms with Crippen molar-refractivity contribution in [2.75, 3.05) is 0 Å². The lowest BCUT2D eigenvalue weighted by atomic mass is 9.71. The van der Waals surface area contributed by atoms with Gasteiger partial charge in [0.2, 0.25) is 0 Å². The molecule has 1 aliphatic heterocycles. The van der Waals surface area contributed by atoms with Gasteiger partial charge < -0.3 is 14.9 Å². The first-order valence-electron chi connectivity index (χ1n) is 6.31. The summed E-state index contributed by atoms with van der Waals surface area (Å²) in [5.41, 5.74) is 0.175. The zero-order valence-electron chi connectivity index (χ0n) is 10.8. The topological polar surface area (TPSA) is 49.7 Å². The summed E-state index contributed by atoms with van der Waals surface area (Å²) < 4.78 is 5.91. The Morgan fingerprint density at radius 3 is 2.88 bits per heavy atom. The van der Waals surface area contributed by atoms with Crippen molar-refractivity contribution in [3.63, 3.8) is 0 Å². The van der Waals surface area contributed by atoms with Gasteiger partial charge in [0.15, 0.2) is 0 Å². The molecule has 0 radical (unpaired) electrons. The quantitative estimate of drug-likeness (QED) is 0.685. The molecule has 0 amide bonds. The second-order valence-electron chi connectivity index (χ2n) is 5.46. The average Bonchev–Trinajstić information content (AvgIpc) is 2.23. The highest BCUT2D eigenvalue weighted by molar-refractivity contribution is 5.17. The SMILES string of the molecule is C/C=C/[C@@H]1C[C@@](C)(O)[C@@H]2CC=C(C)[C@@H](O)[C@@H]2O1. The molecule has 1 saturated heterocycles. The molecule has 3 heteroatoms. The third-order valence-corrected chi connectivity index (χ3v) is 4.02. The number of ether oxygens (including phenoxy) is 1. The fraction of sp³-hybridized carbons (Fsp3) is 0.714. The molecule has 0 aromatic rings. The van der Waals surface area contributed by atoms with Crippen LogP contribution in [0, 0.1) is 5.92 Å². The van der Waals surface area contributed by atoms with E-state index in [1.54, 1.807) is 0 Å². The summed E-state index contributed by atoms with van der Waals surface area (Å²) >= 11 is 0. The van der Waals surface area contributed by atoms with Crippen molar-refractivity contribution < 1.29 is 14.9 Å². The fourth-order valence-corrected chi connectivity index (χ4v) is 2.96. The van der Waals surface area contributed by atoms with Gasteiger partial charge in [-0.1, -0.05) is 18.2 Å². The molecule has 2 rings (SSSR count). The lowest BCUT2D eigenvalue weighted by Crippen LogP contribution is -2.56. The van der Waals surface area contributed by atoms with E-state index in [1.807, 2.05) is 39.0 Å². The largest absolute Gasteiger partial charge is 0.390 e. The van der Waals surface area contributed by atoms with Crippen molar-refractivity contribution in [3.8, 4) is 0 Å². The summed E-state index contributed by atoms with van der Waals surface area (Å²) in [7, 11) is 0. The van der Waals surface area contributed by atoms with Crippen LogP contribution in [-0.4, -0.2) is 34.1 Å². The Bertz CT molecular complexity index is 343. The lowest BCUT2D eigenvalue weighted by molar-refractivity contribution is -0.192. The maximum absolute atomic E-state index is 10.5. The monoisotopic (exact) mass is 238 g/mol. The predicted molar refractivity (Wildman–Crippen MR) is 66.6 cm³/mol. The van der Waals surface area contributed by atoms with Crippen molar-refractivity contribution in [2.45, 2.75) is 57.5 Å². The number of hydrogen-bond donors (Lipinski definition) is 2. The van der Waals surface area contributed by atoms with Gasteiger partial charge in [0.1, 0.15) is 6.10 Å². The van der Waals surface area contributed by atoms with Crippen molar-refractivity contribution in [3.05, 3.63) is 23.8 Å². The molecular formula is C14H22O3. The summed E-state index contributed by atoms with van der Waals surface area (Å²) in [6.07, 6.45) is 6.29. The molecule has 1 heterocycles. The van der Waals surface area contributed by atoms with Gasteiger partial charge in [-0.25, -0.2) is 0 Å². The molecule has 2 N–H and O–H groups in total. The van der Waals surface area contributed by atoms with Gasteiger partial charge in [-0.2, -0.15) is 0 Å². The molecule has 0 aromatic heterocycles. The number of aliphatic hydroxyl groups is 2. The maximum Gasteiger partial charge on any atom is 0.101 e. The van der Waals surface area contributed by atoms with E-state index in [2.05, 4.69) is 0 Å². The molecule has 5 atom stereocenters. The van der Waals surface area contributed by atoms with E-state index < -0.39 is 11.7 Å². The Hall–Kier alpha value is -0.640. The van der Waals surface area contributed by atoms with E-state index in [9.17, 15) is 10.2 Å². The molecule has 2 aliphatic rings. The molecule has 0 unspecified atom stereocenters. The van der Waals surface area contributed by atoms with Gasteiger partial charge >= 0.3 is 0 Å². The molecule has 96 valence electrons. The minimum absolute atomic E-state index is 0.0114. The first kappa shape index (κ1) is 12.8. The first-order chi connectivity index (χ1) is 7.95. The normalized spacial score (nSPS) is 46.8. The highest BCUT2D eigenvalue weighted by Crippen LogP contribution is 2.41. The van der Waals surface area contributed by atoms with Crippen LogP contribution in [0.1, 0.15) is 33.6 Å². The van der Waals surface area contributed by atoms with E-state index in [4.69, 9.17) is 4.74 Å². The van der Waals surface area contributed by atoms with Crippen LogP contribution >= 0.6 is 0 Å². The third kappa shape index (κ3) is 2.32. The van der Waals surface area contributed by atoms with Gasteiger partial charge in [-0.15, -0.1) is 0 Å². The molecule has 1 aliphatic carbocycles. The third-order valence-electron chi connectivity index (χ3n) is 4.02. The van der Waals surface area contributed by atoms with E-state index in [0.29, 0.717) is 6.42 Å². The Morgan fingerprint density at radius 2 is 2.24 bits per heavy atom. The smallest absolute Gasteiger partial charge is 0.101 e. The van der Waals surface area contributed by atoms with Gasteiger partial charge in [0.25, 0.3) is 0 Å². The van der Waals surface area contributed by atoms with E-state index in [1.165, 1.54) is 0 Å². The van der Waals surface area contributed by atoms with Crippen LogP contribution in [0.4, 0.5) is 0 Å². The Kier molecular flexibility index (Phi) is 3.43. The fourth-order valence-electron chi connectivity index (χ4n) is 2.96. The van der Waals surface area contributed by atoms with Crippen molar-refractivity contribution in [1.82, 2.24) is 0 Å². The van der Waals surface area contributed by atoms with Crippen LogP contribution in [0.5, 0.6) is 0 Å². The molecular weight excluding hydrogens is 216 g/mol. The number of aliphatic hydroxyl groups excluding tert-OH is 1. The summed E-state index contributed by atoms with van der Waals surface area (Å²) in [5.74, 6) is -0.0114. The zero-order valence-corrected chi connectivity index (χ0v) is 10.8. The Labute approximate surface area is 103 Å². The summed E-state index contributed by atoms with van der Waals surface area (Å²) in [4.78, 5) is 0. The maximum atomic E-state index is 10.5. The molecule has 1 fully saturated rings. The van der Waals surface area contributed by atoms with Crippen LogP contribution < -0.4 is 0 Å². The van der Waals surface area contributed by atoms with Crippen LogP contribution in [-0.2, 0) is 4.74 Å². The van der Waals surface area contributed by atoms with Crippen molar-refractivity contribution >= 4 is 0 Å². The molecule has 17 heavy (non-hydrogen) atoms. The molecule has 0 spiro atoms. The van der Waals surface area contributed by atoms with Gasteiger partial charge in [0.05, 0.1) is 17.8 Å². The van der Waals surface area contributed by atoms with Gasteiger partial charge in [-0.3, -0.25) is 0 Å². The number of allylic oxidation sites excluding steroid dienone is 2.